The predicted molar refractivity (Wildman–Crippen MR) is 156 cm³/mol. The van der Waals surface area contributed by atoms with E-state index in [2.05, 4.69) is 30.4 Å². The Kier molecular flexibility index (Phi) is 8.13. The minimum absolute atomic E-state index is 0.102. The quantitative estimate of drug-likeness (QED) is 0.254. The third-order valence-electron chi connectivity index (χ3n) is 7.41. The molecule has 39 heavy (non-hydrogen) atoms. The average molecular weight is 539 g/mol. The molecule has 1 N–H and O–H groups in total. The van der Waals surface area contributed by atoms with E-state index in [0.29, 0.717) is 11.3 Å². The number of anilines is 1. The molecule has 4 aromatic carbocycles. The fraction of sp³-hybridized carbons (Fsp3) is 0.242. The van der Waals surface area contributed by atoms with Gasteiger partial charge in [-0.05, 0) is 78.6 Å². The highest BCUT2D eigenvalue weighted by atomic mass is 32.2. The van der Waals surface area contributed by atoms with Gasteiger partial charge in [0.2, 0.25) is 0 Å². The number of carbonyl (C=O) groups is 1. The summed E-state index contributed by atoms with van der Waals surface area (Å²) in [6, 6.07) is 31.1. The van der Waals surface area contributed by atoms with Crippen LogP contribution in [-0.2, 0) is 29.4 Å². The Balaban J connectivity index is 1.50. The lowest BCUT2D eigenvalue weighted by atomic mass is 9.88. The molecule has 0 bridgehead atoms. The van der Waals surface area contributed by atoms with Crippen molar-refractivity contribution in [1.82, 2.24) is 5.32 Å². The Morgan fingerprint density at radius 2 is 1.46 bits per heavy atom. The summed E-state index contributed by atoms with van der Waals surface area (Å²) in [6.07, 6.45) is 5.33. The summed E-state index contributed by atoms with van der Waals surface area (Å²) in [5, 5.41) is 3.20. The maximum atomic E-state index is 13.9. The van der Waals surface area contributed by atoms with Crippen LogP contribution in [0.2, 0.25) is 0 Å². The molecule has 0 aromatic heterocycles. The molecule has 1 aliphatic carbocycles. The molecule has 200 valence electrons. The van der Waals surface area contributed by atoms with Crippen LogP contribution in [0.1, 0.15) is 64.8 Å². The van der Waals surface area contributed by atoms with E-state index in [1.807, 2.05) is 30.3 Å². The first-order valence-corrected chi connectivity index (χ1v) is 15.0. The molecule has 6 heteroatoms. The summed E-state index contributed by atoms with van der Waals surface area (Å²) in [5.41, 5.74) is 5.36. The standard InChI is InChI=1S/C33H34N2O3S/c1-2-31(28-22-21-26-15-9-10-16-27(26)23-28)34-33(36)30-19-11-12-20-32(30)35(24-25-13-5-3-6-14-25)39(37,38)29-17-7-4-8-18-29/h3-8,11-14,17-23,31H,2,9-10,15-16,24H2,1H3,(H,34,36)/t31-/m0/s1. The molecule has 5 rings (SSSR count). The Labute approximate surface area is 231 Å². The first kappa shape index (κ1) is 26.7. The summed E-state index contributed by atoms with van der Waals surface area (Å²) in [4.78, 5) is 14.0. The van der Waals surface area contributed by atoms with Crippen molar-refractivity contribution in [3.05, 3.63) is 131 Å². The van der Waals surface area contributed by atoms with Crippen molar-refractivity contribution in [2.24, 2.45) is 0 Å². The first-order valence-electron chi connectivity index (χ1n) is 13.6. The third kappa shape index (κ3) is 5.91. The molecule has 1 aliphatic rings. The molecular formula is C33H34N2O3S. The summed E-state index contributed by atoms with van der Waals surface area (Å²) in [5.74, 6) is -0.295. The monoisotopic (exact) mass is 538 g/mol. The van der Waals surface area contributed by atoms with E-state index in [1.165, 1.54) is 28.3 Å². The molecule has 0 fully saturated rings. The lowest BCUT2D eigenvalue weighted by Gasteiger charge is -2.27. The van der Waals surface area contributed by atoms with Gasteiger partial charge in [-0.3, -0.25) is 9.10 Å². The van der Waals surface area contributed by atoms with Crippen LogP contribution >= 0.6 is 0 Å². The number of para-hydroxylation sites is 1. The average Bonchev–Trinajstić information content (AvgIpc) is 2.99. The van der Waals surface area contributed by atoms with Crippen molar-refractivity contribution < 1.29 is 13.2 Å². The first-order chi connectivity index (χ1) is 19.0. The van der Waals surface area contributed by atoms with E-state index in [0.717, 1.165) is 30.4 Å². The number of fused-ring (bicyclic) bond motifs is 1. The number of sulfonamides is 1. The summed E-state index contributed by atoms with van der Waals surface area (Å²) in [6.45, 7) is 2.16. The summed E-state index contributed by atoms with van der Waals surface area (Å²) < 4.78 is 29.2. The van der Waals surface area contributed by atoms with Crippen LogP contribution in [-0.4, -0.2) is 14.3 Å². The number of carbonyl (C=O) groups excluding carboxylic acids is 1. The van der Waals surface area contributed by atoms with Gasteiger partial charge in [-0.1, -0.05) is 85.8 Å². The lowest BCUT2D eigenvalue weighted by molar-refractivity contribution is 0.0936. The molecule has 0 saturated heterocycles. The molecule has 1 atom stereocenters. The lowest BCUT2D eigenvalue weighted by Crippen LogP contribution is -2.34. The highest BCUT2D eigenvalue weighted by molar-refractivity contribution is 7.92. The van der Waals surface area contributed by atoms with Crippen molar-refractivity contribution in [2.45, 2.75) is 56.5 Å². The topological polar surface area (TPSA) is 66.5 Å². The number of amides is 1. The fourth-order valence-electron chi connectivity index (χ4n) is 5.28. The van der Waals surface area contributed by atoms with Crippen molar-refractivity contribution in [3.63, 3.8) is 0 Å². The van der Waals surface area contributed by atoms with Gasteiger partial charge in [0, 0.05) is 0 Å². The summed E-state index contributed by atoms with van der Waals surface area (Å²) >= 11 is 0. The number of rotatable bonds is 9. The zero-order valence-corrected chi connectivity index (χ0v) is 23.0. The molecule has 0 heterocycles. The normalized spacial score (nSPS) is 13.8. The number of nitrogens with one attached hydrogen (secondary N) is 1. The number of aryl methyl sites for hydroxylation is 2. The second-order valence-corrected chi connectivity index (χ2v) is 11.9. The minimum Gasteiger partial charge on any atom is -0.345 e. The number of nitrogens with zero attached hydrogens (tertiary/aromatic N) is 1. The second kappa shape index (κ2) is 11.9. The number of hydrogen-bond acceptors (Lipinski definition) is 3. The van der Waals surface area contributed by atoms with Crippen LogP contribution in [0.15, 0.2) is 108 Å². The largest absolute Gasteiger partial charge is 0.345 e. The number of hydrogen-bond donors (Lipinski definition) is 1. The summed E-state index contributed by atoms with van der Waals surface area (Å²) in [7, 11) is -3.95. The molecule has 4 aromatic rings. The molecule has 1 amide bonds. The van der Waals surface area contributed by atoms with Gasteiger partial charge in [-0.15, -0.1) is 0 Å². The highest BCUT2D eigenvalue weighted by Gasteiger charge is 2.29. The van der Waals surface area contributed by atoms with Crippen LogP contribution in [0.4, 0.5) is 5.69 Å². The second-order valence-electron chi connectivity index (χ2n) is 10.00. The van der Waals surface area contributed by atoms with Gasteiger partial charge in [-0.25, -0.2) is 8.42 Å². The van der Waals surface area contributed by atoms with Gasteiger partial charge >= 0.3 is 0 Å². The van der Waals surface area contributed by atoms with Gasteiger partial charge in [-0.2, -0.15) is 0 Å². The van der Waals surface area contributed by atoms with Crippen molar-refractivity contribution in [3.8, 4) is 0 Å². The molecular weight excluding hydrogens is 504 g/mol. The van der Waals surface area contributed by atoms with Gasteiger partial charge in [0.15, 0.2) is 0 Å². The molecule has 0 radical (unpaired) electrons. The van der Waals surface area contributed by atoms with Gasteiger partial charge < -0.3 is 5.32 Å². The maximum absolute atomic E-state index is 13.9. The van der Waals surface area contributed by atoms with Crippen LogP contribution < -0.4 is 9.62 Å². The predicted octanol–water partition coefficient (Wildman–Crippen LogP) is 6.84. The van der Waals surface area contributed by atoms with Crippen LogP contribution in [0.5, 0.6) is 0 Å². The van der Waals surface area contributed by atoms with Crippen LogP contribution in [0.3, 0.4) is 0 Å². The third-order valence-corrected chi connectivity index (χ3v) is 9.18. The van der Waals surface area contributed by atoms with Crippen molar-refractivity contribution >= 4 is 21.6 Å². The molecule has 0 saturated carbocycles. The minimum atomic E-state index is -3.95. The Morgan fingerprint density at radius 3 is 2.18 bits per heavy atom. The van der Waals surface area contributed by atoms with Crippen molar-refractivity contribution in [2.75, 3.05) is 4.31 Å². The zero-order valence-electron chi connectivity index (χ0n) is 22.2. The molecule has 0 unspecified atom stereocenters. The van der Waals surface area contributed by atoms with E-state index in [-0.39, 0.29) is 23.4 Å². The zero-order chi connectivity index (χ0) is 27.2. The Morgan fingerprint density at radius 1 is 0.821 bits per heavy atom. The van der Waals surface area contributed by atoms with Gasteiger partial charge in [0.1, 0.15) is 0 Å². The van der Waals surface area contributed by atoms with Gasteiger partial charge in [0.05, 0.1) is 28.7 Å². The highest BCUT2D eigenvalue weighted by Crippen LogP contribution is 2.31. The Hall–Kier alpha value is -3.90. The van der Waals surface area contributed by atoms with Crippen molar-refractivity contribution in [1.29, 1.82) is 0 Å². The van der Waals surface area contributed by atoms with E-state index >= 15 is 0 Å². The molecule has 5 nitrogen and oxygen atoms in total. The SMILES string of the molecule is CC[C@H](NC(=O)c1ccccc1N(Cc1ccccc1)S(=O)(=O)c1ccccc1)c1ccc2c(c1)CCCC2. The van der Waals surface area contributed by atoms with E-state index < -0.39 is 10.0 Å². The van der Waals surface area contributed by atoms with Crippen LogP contribution in [0.25, 0.3) is 0 Å². The molecule has 0 aliphatic heterocycles. The smallest absolute Gasteiger partial charge is 0.264 e. The van der Waals surface area contributed by atoms with E-state index in [4.69, 9.17) is 0 Å². The molecule has 0 spiro atoms. The maximum Gasteiger partial charge on any atom is 0.264 e. The van der Waals surface area contributed by atoms with E-state index in [1.54, 1.807) is 54.6 Å². The van der Waals surface area contributed by atoms with Crippen LogP contribution in [0, 0.1) is 0 Å². The van der Waals surface area contributed by atoms with Gasteiger partial charge in [0.25, 0.3) is 15.9 Å². The number of benzene rings is 4. The fourth-order valence-corrected chi connectivity index (χ4v) is 6.77. The Bertz CT molecular complexity index is 1540. The van der Waals surface area contributed by atoms with E-state index in [9.17, 15) is 13.2 Å².